The zero-order chi connectivity index (χ0) is 33.5. The van der Waals surface area contributed by atoms with E-state index in [1.165, 1.54) is 45.2 Å². The first-order valence-corrected chi connectivity index (χ1v) is 15.4. The van der Waals surface area contributed by atoms with Gasteiger partial charge in [0.1, 0.15) is 17.1 Å². The summed E-state index contributed by atoms with van der Waals surface area (Å²) in [5.41, 5.74) is -6.07. The number of nitrogens with zero attached hydrogens (tertiary/aromatic N) is 3. The van der Waals surface area contributed by atoms with Gasteiger partial charge in [-0.3, -0.25) is 4.79 Å². The fourth-order valence-electron chi connectivity index (χ4n) is 4.68. The third kappa shape index (κ3) is 7.16. The molecule has 2 heterocycles. The smallest absolute Gasteiger partial charge is 0.424 e. The molecule has 0 fully saturated rings. The molecule has 0 unspecified atom stereocenters. The summed E-state index contributed by atoms with van der Waals surface area (Å²) in [4.78, 5) is 17.2. The van der Waals surface area contributed by atoms with Crippen LogP contribution in [0.15, 0.2) is 48.5 Å². The predicted molar refractivity (Wildman–Crippen MR) is 159 cm³/mol. The monoisotopic (exact) mass is 669 g/mol. The van der Waals surface area contributed by atoms with Crippen LogP contribution in [-0.4, -0.2) is 60.7 Å². The van der Waals surface area contributed by atoms with E-state index in [4.69, 9.17) is 16.3 Å². The number of aliphatic hydroxyl groups is 1. The summed E-state index contributed by atoms with van der Waals surface area (Å²) >= 11 is 6.58. The van der Waals surface area contributed by atoms with E-state index in [0.717, 1.165) is 24.5 Å². The van der Waals surface area contributed by atoms with E-state index in [0.29, 0.717) is 16.6 Å². The number of carbonyl (C=O) groups excluding carboxylic acids is 1. The number of pyridine rings is 1. The van der Waals surface area contributed by atoms with Gasteiger partial charge in [-0.2, -0.15) is 18.3 Å². The van der Waals surface area contributed by atoms with Gasteiger partial charge in [-0.15, -0.1) is 5.10 Å². The minimum absolute atomic E-state index is 0.0786. The molecule has 16 heteroatoms. The first kappa shape index (κ1) is 34.0. The van der Waals surface area contributed by atoms with Crippen LogP contribution in [0.5, 0.6) is 5.75 Å². The molecule has 0 aliphatic rings. The molecule has 0 aliphatic carbocycles. The van der Waals surface area contributed by atoms with Crippen molar-refractivity contribution in [3.63, 3.8) is 0 Å². The standard InChI is InChI=1S/C29H28ClF4N5O5S/c1-15-10-17-11-18(12-21(44-4)24(17)38-37-15)26(40)35-14-28(41,29(32,33)34)22-13-20(27(2,3)39-45(5,42)43)23(30)25(36-22)16-6-8-19(31)9-7-16/h6-13,39,41H,14H2,1-5H3,(H,35,40)/t28-/m0/s1. The average molecular weight is 670 g/mol. The second-order valence-corrected chi connectivity index (χ2v) is 13.0. The summed E-state index contributed by atoms with van der Waals surface area (Å²) in [5.74, 6) is -1.49. The lowest BCUT2D eigenvalue weighted by atomic mass is 9.89. The number of sulfonamides is 1. The molecule has 45 heavy (non-hydrogen) atoms. The number of ether oxygens (including phenoxy) is 1. The van der Waals surface area contributed by atoms with Crippen LogP contribution >= 0.6 is 11.6 Å². The highest BCUT2D eigenvalue weighted by Crippen LogP contribution is 2.43. The van der Waals surface area contributed by atoms with Gasteiger partial charge in [0.2, 0.25) is 15.6 Å². The fraction of sp³-hybridized carbons (Fsp3) is 0.310. The third-order valence-electron chi connectivity index (χ3n) is 6.85. The summed E-state index contributed by atoms with van der Waals surface area (Å²) in [6, 6.07) is 9.54. The topological polar surface area (TPSA) is 143 Å². The van der Waals surface area contributed by atoms with E-state index in [2.05, 4.69) is 25.2 Å². The highest BCUT2D eigenvalue weighted by molar-refractivity contribution is 7.88. The van der Waals surface area contributed by atoms with Crippen molar-refractivity contribution in [2.75, 3.05) is 19.9 Å². The maximum absolute atomic E-state index is 14.7. The lowest BCUT2D eigenvalue weighted by Gasteiger charge is -2.33. The van der Waals surface area contributed by atoms with Gasteiger partial charge in [-0.1, -0.05) is 11.6 Å². The Kier molecular flexibility index (Phi) is 9.14. The normalized spacial score (nSPS) is 13.8. The molecule has 0 spiro atoms. The maximum Gasteiger partial charge on any atom is 0.424 e. The number of aryl methyl sites for hydroxylation is 1. The molecule has 0 saturated heterocycles. The van der Waals surface area contributed by atoms with Crippen molar-refractivity contribution in [3.8, 4) is 17.0 Å². The van der Waals surface area contributed by atoms with Crippen LogP contribution in [-0.2, 0) is 21.2 Å². The number of aromatic nitrogens is 3. The average Bonchev–Trinajstić information content (AvgIpc) is 2.93. The molecule has 0 bridgehead atoms. The van der Waals surface area contributed by atoms with Gasteiger partial charge in [0.15, 0.2) is 0 Å². The summed E-state index contributed by atoms with van der Waals surface area (Å²) in [5, 5.41) is 21.5. The number of benzene rings is 2. The zero-order valence-electron chi connectivity index (χ0n) is 24.5. The minimum Gasteiger partial charge on any atom is -0.494 e. The first-order valence-electron chi connectivity index (χ1n) is 13.1. The van der Waals surface area contributed by atoms with Gasteiger partial charge in [-0.25, -0.2) is 22.5 Å². The molecule has 240 valence electrons. The second-order valence-electron chi connectivity index (χ2n) is 10.9. The van der Waals surface area contributed by atoms with Crippen molar-refractivity contribution in [1.29, 1.82) is 0 Å². The summed E-state index contributed by atoms with van der Waals surface area (Å²) in [7, 11) is -2.60. The Morgan fingerprint density at radius 2 is 1.71 bits per heavy atom. The number of fused-ring (bicyclic) bond motifs is 1. The largest absolute Gasteiger partial charge is 0.494 e. The molecule has 2 aromatic carbocycles. The molecule has 10 nitrogen and oxygen atoms in total. The highest BCUT2D eigenvalue weighted by atomic mass is 35.5. The van der Waals surface area contributed by atoms with Gasteiger partial charge >= 0.3 is 6.18 Å². The van der Waals surface area contributed by atoms with Crippen LogP contribution < -0.4 is 14.8 Å². The van der Waals surface area contributed by atoms with E-state index in [1.807, 2.05) is 0 Å². The number of amides is 1. The van der Waals surface area contributed by atoms with E-state index < -0.39 is 51.3 Å². The Labute approximate surface area is 260 Å². The number of methoxy groups -OCH3 is 1. The molecule has 0 aliphatic heterocycles. The van der Waals surface area contributed by atoms with Crippen LogP contribution in [0.3, 0.4) is 0 Å². The van der Waals surface area contributed by atoms with Crippen molar-refractivity contribution in [1.82, 2.24) is 25.2 Å². The fourth-order valence-corrected chi connectivity index (χ4v) is 6.15. The van der Waals surface area contributed by atoms with Crippen LogP contribution in [0.4, 0.5) is 17.6 Å². The SMILES string of the molecule is COc1cc(C(=O)NC[C@](O)(c2cc(C(C)(C)NS(C)(=O)=O)c(Cl)c(-c3ccc(F)cc3)n2)C(F)(F)F)cc2cc(C)nnc12. The lowest BCUT2D eigenvalue weighted by Crippen LogP contribution is -2.52. The Morgan fingerprint density at radius 3 is 2.29 bits per heavy atom. The van der Waals surface area contributed by atoms with Crippen LogP contribution in [0.1, 0.15) is 41.2 Å². The van der Waals surface area contributed by atoms with Crippen molar-refractivity contribution < 1.29 is 40.6 Å². The quantitative estimate of drug-likeness (QED) is 0.217. The number of rotatable bonds is 9. The molecule has 4 rings (SSSR count). The summed E-state index contributed by atoms with van der Waals surface area (Å²) < 4.78 is 89.7. The lowest BCUT2D eigenvalue weighted by molar-refractivity contribution is -0.265. The van der Waals surface area contributed by atoms with Crippen molar-refractivity contribution in [2.24, 2.45) is 0 Å². The highest BCUT2D eigenvalue weighted by Gasteiger charge is 2.57. The van der Waals surface area contributed by atoms with Crippen molar-refractivity contribution in [3.05, 3.63) is 81.9 Å². The van der Waals surface area contributed by atoms with Crippen LogP contribution in [0.25, 0.3) is 22.2 Å². The van der Waals surface area contributed by atoms with Crippen molar-refractivity contribution in [2.45, 2.75) is 38.1 Å². The number of halogens is 5. The first-order chi connectivity index (χ1) is 20.8. The van der Waals surface area contributed by atoms with E-state index in [-0.39, 0.29) is 33.2 Å². The molecular formula is C29H28ClF4N5O5S. The van der Waals surface area contributed by atoms with Gasteiger partial charge < -0.3 is 15.2 Å². The van der Waals surface area contributed by atoms with Gasteiger partial charge in [0.05, 0.1) is 47.6 Å². The van der Waals surface area contributed by atoms with Crippen LogP contribution in [0.2, 0.25) is 5.02 Å². The number of hydrogen-bond acceptors (Lipinski definition) is 8. The van der Waals surface area contributed by atoms with Gasteiger partial charge in [-0.05, 0) is 74.9 Å². The number of carbonyl (C=O) groups is 1. The summed E-state index contributed by atoms with van der Waals surface area (Å²) in [6.45, 7) is 2.96. The molecule has 1 amide bonds. The molecule has 3 N–H and O–H groups in total. The predicted octanol–water partition coefficient (Wildman–Crippen LogP) is 4.77. The molecular weight excluding hydrogens is 642 g/mol. The molecule has 0 radical (unpaired) electrons. The molecule has 2 aromatic heterocycles. The van der Waals surface area contributed by atoms with Crippen molar-refractivity contribution >= 4 is 38.4 Å². The molecule has 1 atom stereocenters. The Morgan fingerprint density at radius 1 is 1.07 bits per heavy atom. The van der Waals surface area contributed by atoms with E-state index >= 15 is 0 Å². The van der Waals surface area contributed by atoms with E-state index in [1.54, 1.807) is 13.0 Å². The maximum atomic E-state index is 14.7. The van der Waals surface area contributed by atoms with E-state index in [9.17, 15) is 35.9 Å². The Bertz CT molecular complexity index is 1890. The molecule has 4 aromatic rings. The summed E-state index contributed by atoms with van der Waals surface area (Å²) in [6.07, 6.45) is -4.57. The number of alkyl halides is 3. The minimum atomic E-state index is -5.42. The number of nitrogens with one attached hydrogen (secondary N) is 2. The Hall–Kier alpha value is -3.92. The second kappa shape index (κ2) is 12.1. The van der Waals surface area contributed by atoms with Crippen LogP contribution in [0, 0.1) is 12.7 Å². The van der Waals surface area contributed by atoms with Gasteiger partial charge in [0, 0.05) is 16.5 Å². The zero-order valence-corrected chi connectivity index (χ0v) is 26.1. The van der Waals surface area contributed by atoms with Gasteiger partial charge in [0.25, 0.3) is 5.91 Å². The molecule has 0 saturated carbocycles. The third-order valence-corrected chi connectivity index (χ3v) is 8.11. The Balaban J connectivity index is 1.84. The number of hydrogen-bond donors (Lipinski definition) is 3.